The number of rotatable bonds is 3. The highest BCUT2D eigenvalue weighted by atomic mass is 32.1. The monoisotopic (exact) mass is 170 g/mol. The van der Waals surface area contributed by atoms with Gasteiger partial charge in [-0.15, -0.1) is 11.3 Å². The van der Waals surface area contributed by atoms with Crippen LogP contribution in [0.5, 0.6) is 0 Å². The van der Waals surface area contributed by atoms with Gasteiger partial charge in [0.05, 0.1) is 5.69 Å². The minimum absolute atomic E-state index is 0.0454. The van der Waals surface area contributed by atoms with E-state index in [4.69, 9.17) is 0 Å². The van der Waals surface area contributed by atoms with E-state index in [2.05, 4.69) is 10.2 Å². The van der Waals surface area contributed by atoms with Gasteiger partial charge >= 0.3 is 0 Å². The van der Waals surface area contributed by atoms with Crippen LogP contribution >= 0.6 is 11.3 Å². The summed E-state index contributed by atoms with van der Waals surface area (Å²) in [4.78, 5) is 24.4. The zero-order valence-electron chi connectivity index (χ0n) is 5.90. The van der Waals surface area contributed by atoms with Gasteiger partial charge in [0.1, 0.15) is 6.54 Å². The topological polar surface area (TPSA) is 59.4 Å². The molecule has 0 aliphatic heterocycles. The largest absolute Gasteiger partial charge is 0.292 e. The number of ketones is 1. The van der Waals surface area contributed by atoms with Crippen molar-refractivity contribution in [1.82, 2.24) is 4.98 Å². The van der Waals surface area contributed by atoms with E-state index in [1.54, 1.807) is 5.38 Å². The summed E-state index contributed by atoms with van der Waals surface area (Å²) >= 11 is 1.24. The molecule has 5 heteroatoms. The molecule has 11 heavy (non-hydrogen) atoms. The average Bonchev–Trinajstić information content (AvgIpc) is 2.37. The molecule has 0 radical (unpaired) electrons. The molecule has 1 aromatic heterocycles. The smallest absolute Gasteiger partial charge is 0.188 e. The number of Topliss-reactive ketones (excluding diaryl/α,β-unsaturated/α-hetero) is 1. The van der Waals surface area contributed by atoms with Crippen molar-refractivity contribution >= 4 is 17.1 Å². The first-order valence-corrected chi connectivity index (χ1v) is 3.86. The maximum absolute atomic E-state index is 10.7. The van der Waals surface area contributed by atoms with Crippen molar-refractivity contribution in [1.29, 1.82) is 0 Å². The maximum Gasteiger partial charge on any atom is 0.188 e. The van der Waals surface area contributed by atoms with Gasteiger partial charge in [-0.1, -0.05) is 5.18 Å². The zero-order chi connectivity index (χ0) is 8.27. The number of thiazole rings is 1. The number of aromatic nitrogens is 1. The van der Waals surface area contributed by atoms with Crippen LogP contribution in [-0.2, 0) is 6.54 Å². The number of carbonyl (C=O) groups is 1. The van der Waals surface area contributed by atoms with Gasteiger partial charge in [0.15, 0.2) is 10.8 Å². The molecule has 0 aromatic carbocycles. The Morgan fingerprint density at radius 2 is 2.55 bits per heavy atom. The molecule has 0 fully saturated rings. The molecule has 1 heterocycles. The predicted molar refractivity (Wildman–Crippen MR) is 41.6 cm³/mol. The average molecular weight is 170 g/mol. The quantitative estimate of drug-likeness (QED) is 0.511. The Labute approximate surface area is 67.2 Å². The first-order chi connectivity index (χ1) is 5.24. The van der Waals surface area contributed by atoms with Gasteiger partial charge in [-0.2, -0.15) is 4.91 Å². The van der Waals surface area contributed by atoms with Gasteiger partial charge < -0.3 is 0 Å². The van der Waals surface area contributed by atoms with Crippen molar-refractivity contribution in [2.75, 3.05) is 0 Å². The molecule has 1 rings (SSSR count). The molecule has 0 saturated carbocycles. The van der Waals surface area contributed by atoms with E-state index in [1.807, 2.05) is 0 Å². The molecule has 4 nitrogen and oxygen atoms in total. The lowest BCUT2D eigenvalue weighted by molar-refractivity contribution is 0.101. The Kier molecular flexibility index (Phi) is 2.43. The lowest BCUT2D eigenvalue weighted by Crippen LogP contribution is -1.90. The van der Waals surface area contributed by atoms with Gasteiger partial charge in [-0.3, -0.25) is 4.79 Å². The Balaban J connectivity index is 2.81. The Bertz CT molecular complexity index is 282. The molecular formula is C6H6N2O2S. The maximum atomic E-state index is 10.7. The van der Waals surface area contributed by atoms with Gasteiger partial charge in [0, 0.05) is 12.3 Å². The minimum Gasteiger partial charge on any atom is -0.292 e. The molecule has 0 saturated heterocycles. The Morgan fingerprint density at radius 1 is 1.82 bits per heavy atom. The molecule has 1 aromatic rings. The number of hydrogen-bond donors (Lipinski definition) is 0. The van der Waals surface area contributed by atoms with Crippen molar-refractivity contribution in [3.05, 3.63) is 21.0 Å². The van der Waals surface area contributed by atoms with Crippen molar-refractivity contribution in [3.63, 3.8) is 0 Å². The summed E-state index contributed by atoms with van der Waals surface area (Å²) in [5.41, 5.74) is 0.565. The molecule has 0 amide bonds. The van der Waals surface area contributed by atoms with Gasteiger partial charge in [-0.25, -0.2) is 4.98 Å². The fraction of sp³-hybridized carbons (Fsp3) is 0.333. The second-order valence-electron chi connectivity index (χ2n) is 1.99. The summed E-state index contributed by atoms with van der Waals surface area (Å²) in [7, 11) is 0. The summed E-state index contributed by atoms with van der Waals surface area (Å²) in [6.45, 7) is 1.49. The van der Waals surface area contributed by atoms with E-state index in [1.165, 1.54) is 18.3 Å². The molecule has 0 bridgehead atoms. The number of nitrogens with zero attached hydrogens (tertiary/aromatic N) is 2. The molecule has 0 aliphatic carbocycles. The number of carbonyl (C=O) groups excluding carboxylic acids is 1. The first-order valence-electron chi connectivity index (χ1n) is 2.98. The summed E-state index contributed by atoms with van der Waals surface area (Å²) in [6.07, 6.45) is 0. The number of hydrogen-bond acceptors (Lipinski definition) is 5. The van der Waals surface area contributed by atoms with Crippen LogP contribution in [-0.4, -0.2) is 10.8 Å². The van der Waals surface area contributed by atoms with Crippen LogP contribution in [0, 0.1) is 4.91 Å². The Hall–Kier alpha value is -1.10. The highest BCUT2D eigenvalue weighted by Crippen LogP contribution is 2.10. The van der Waals surface area contributed by atoms with Crippen LogP contribution in [0.15, 0.2) is 10.6 Å². The molecular weight excluding hydrogens is 164 g/mol. The third kappa shape index (κ3) is 1.91. The van der Waals surface area contributed by atoms with Crippen molar-refractivity contribution in [2.24, 2.45) is 5.18 Å². The van der Waals surface area contributed by atoms with E-state index in [0.29, 0.717) is 10.7 Å². The Morgan fingerprint density at radius 3 is 3.00 bits per heavy atom. The van der Waals surface area contributed by atoms with Crippen LogP contribution in [0.2, 0.25) is 0 Å². The second-order valence-corrected chi connectivity index (χ2v) is 2.85. The van der Waals surface area contributed by atoms with Crippen LogP contribution in [0.25, 0.3) is 0 Å². The predicted octanol–water partition coefficient (Wildman–Crippen LogP) is 1.61. The standard InChI is InChI=1S/C6H6N2O2S/c1-4(9)6-8-5(2-7-10)3-11-6/h3H,2H2,1H3. The molecule has 0 unspecified atom stereocenters. The van der Waals surface area contributed by atoms with E-state index >= 15 is 0 Å². The van der Waals surface area contributed by atoms with Crippen LogP contribution < -0.4 is 0 Å². The van der Waals surface area contributed by atoms with Crippen molar-refractivity contribution in [2.45, 2.75) is 13.5 Å². The third-order valence-corrected chi connectivity index (χ3v) is 2.07. The van der Waals surface area contributed by atoms with Crippen LogP contribution in [0.3, 0.4) is 0 Å². The van der Waals surface area contributed by atoms with E-state index in [-0.39, 0.29) is 12.3 Å². The van der Waals surface area contributed by atoms with E-state index < -0.39 is 0 Å². The highest BCUT2D eigenvalue weighted by molar-refractivity contribution is 7.11. The molecule has 58 valence electrons. The normalized spacial score (nSPS) is 9.55. The molecule has 0 atom stereocenters. The highest BCUT2D eigenvalue weighted by Gasteiger charge is 2.04. The zero-order valence-corrected chi connectivity index (χ0v) is 6.72. The fourth-order valence-corrected chi connectivity index (χ4v) is 1.32. The van der Waals surface area contributed by atoms with Crippen LogP contribution in [0.4, 0.5) is 0 Å². The molecule has 0 spiro atoms. The lowest BCUT2D eigenvalue weighted by Gasteiger charge is -1.82. The van der Waals surface area contributed by atoms with Crippen molar-refractivity contribution in [3.8, 4) is 0 Å². The summed E-state index contributed by atoms with van der Waals surface area (Å²) < 4.78 is 0. The van der Waals surface area contributed by atoms with Crippen LogP contribution in [0.1, 0.15) is 22.4 Å². The summed E-state index contributed by atoms with van der Waals surface area (Å²) in [5.74, 6) is -0.0767. The fourth-order valence-electron chi connectivity index (χ4n) is 0.607. The second kappa shape index (κ2) is 3.34. The lowest BCUT2D eigenvalue weighted by atomic mass is 10.4. The van der Waals surface area contributed by atoms with E-state index in [9.17, 15) is 9.70 Å². The SMILES string of the molecule is CC(=O)c1nc(CN=O)cs1. The molecule has 0 N–H and O–H groups in total. The first kappa shape index (κ1) is 8.00. The summed E-state index contributed by atoms with van der Waals surface area (Å²) in [5, 5.41) is 4.76. The van der Waals surface area contributed by atoms with Crippen molar-refractivity contribution < 1.29 is 4.79 Å². The third-order valence-electron chi connectivity index (χ3n) is 1.08. The number of nitroso groups, excluding NO2 is 1. The van der Waals surface area contributed by atoms with Gasteiger partial charge in [-0.05, 0) is 0 Å². The van der Waals surface area contributed by atoms with Gasteiger partial charge in [0.25, 0.3) is 0 Å². The minimum atomic E-state index is -0.0767. The summed E-state index contributed by atoms with van der Waals surface area (Å²) in [6, 6.07) is 0. The van der Waals surface area contributed by atoms with Gasteiger partial charge in [0.2, 0.25) is 0 Å². The van der Waals surface area contributed by atoms with E-state index in [0.717, 1.165) is 0 Å². The molecule has 0 aliphatic rings.